The Balaban J connectivity index is 3.19. The van der Waals surface area contributed by atoms with E-state index >= 15 is 0 Å². The Labute approximate surface area is 110 Å². The van der Waals surface area contributed by atoms with E-state index in [1.165, 1.54) is 14.2 Å². The van der Waals surface area contributed by atoms with Gasteiger partial charge in [-0.3, -0.25) is 0 Å². The lowest BCUT2D eigenvalue weighted by Gasteiger charge is -2.16. The van der Waals surface area contributed by atoms with Crippen LogP contribution >= 0.6 is 0 Å². The number of nitriles is 1. The van der Waals surface area contributed by atoms with E-state index in [-0.39, 0.29) is 29.7 Å². The number of aliphatic hydroxyl groups excluding tert-OH is 2. The molecule has 0 radical (unpaired) electrons. The number of nitrogen functional groups attached to an aromatic ring is 1. The van der Waals surface area contributed by atoms with Crippen molar-refractivity contribution in [3.63, 3.8) is 0 Å². The maximum absolute atomic E-state index is 9.42. The van der Waals surface area contributed by atoms with Crippen LogP contribution in [0.3, 0.4) is 0 Å². The number of anilines is 1. The molecule has 0 aliphatic rings. The van der Waals surface area contributed by atoms with Gasteiger partial charge in [0.1, 0.15) is 5.69 Å². The van der Waals surface area contributed by atoms with Crippen LogP contribution in [0.15, 0.2) is 0 Å². The van der Waals surface area contributed by atoms with Gasteiger partial charge in [0.25, 0.3) is 0 Å². The summed E-state index contributed by atoms with van der Waals surface area (Å²) in [6.45, 7) is -0.447. The fourth-order valence-corrected chi connectivity index (χ4v) is 1.53. The molecule has 0 spiro atoms. The van der Waals surface area contributed by atoms with E-state index in [9.17, 15) is 5.11 Å². The maximum atomic E-state index is 9.42. The molecule has 0 unspecified atom stereocenters. The lowest BCUT2D eigenvalue weighted by Crippen LogP contribution is -2.18. The lowest BCUT2D eigenvalue weighted by molar-refractivity contribution is 0.0856. The molecular weight excluding hydrogens is 252 g/mol. The predicted octanol–water partition coefficient (Wildman–Crippen LogP) is -0.574. The van der Waals surface area contributed by atoms with Crippen molar-refractivity contribution in [1.82, 2.24) is 9.97 Å². The first-order valence-electron chi connectivity index (χ1n) is 5.51. The SMILES string of the molecule is COc1nc(OC)c(N)c([C@H](C#N)C[C@@H](O)CO)n1. The zero-order valence-electron chi connectivity index (χ0n) is 10.7. The molecule has 8 nitrogen and oxygen atoms in total. The molecule has 0 aliphatic heterocycles. The Kier molecular flexibility index (Phi) is 5.29. The average Bonchev–Trinajstić information content (AvgIpc) is 2.44. The Bertz CT molecular complexity index is 474. The Hall–Kier alpha value is -2.11. The van der Waals surface area contributed by atoms with Gasteiger partial charge in [-0.15, -0.1) is 0 Å². The smallest absolute Gasteiger partial charge is 0.319 e. The minimum Gasteiger partial charge on any atom is -0.479 e. The van der Waals surface area contributed by atoms with Crippen LogP contribution in [0, 0.1) is 11.3 Å². The highest BCUT2D eigenvalue weighted by atomic mass is 16.5. The van der Waals surface area contributed by atoms with E-state index in [4.69, 9.17) is 25.6 Å². The molecule has 0 aromatic carbocycles. The van der Waals surface area contributed by atoms with Crippen LogP contribution in [0.5, 0.6) is 11.9 Å². The summed E-state index contributed by atoms with van der Waals surface area (Å²) in [6, 6.07) is 1.99. The number of aromatic nitrogens is 2. The lowest BCUT2D eigenvalue weighted by atomic mass is 9.98. The molecule has 0 fully saturated rings. The van der Waals surface area contributed by atoms with Gasteiger partial charge >= 0.3 is 6.01 Å². The molecule has 0 bridgehead atoms. The van der Waals surface area contributed by atoms with Crippen LogP contribution < -0.4 is 15.2 Å². The highest BCUT2D eigenvalue weighted by Gasteiger charge is 2.23. The Morgan fingerprint density at radius 2 is 2.05 bits per heavy atom. The molecule has 1 aromatic rings. The number of aliphatic hydroxyl groups is 2. The quantitative estimate of drug-likeness (QED) is 0.624. The number of nitrogens with zero attached hydrogens (tertiary/aromatic N) is 3. The van der Waals surface area contributed by atoms with Gasteiger partial charge in [-0.2, -0.15) is 15.2 Å². The second-order valence-corrected chi connectivity index (χ2v) is 3.77. The molecular formula is C11H16N4O4. The highest BCUT2D eigenvalue weighted by molar-refractivity contribution is 5.55. The first-order valence-corrected chi connectivity index (χ1v) is 5.51. The molecule has 0 saturated carbocycles. The molecule has 2 atom stereocenters. The normalized spacial score (nSPS) is 13.4. The second kappa shape index (κ2) is 6.72. The first kappa shape index (κ1) is 14.9. The third-order valence-corrected chi connectivity index (χ3v) is 2.50. The van der Waals surface area contributed by atoms with Crippen LogP contribution in [-0.4, -0.2) is 47.1 Å². The Morgan fingerprint density at radius 3 is 2.53 bits per heavy atom. The molecule has 19 heavy (non-hydrogen) atoms. The summed E-state index contributed by atoms with van der Waals surface area (Å²) in [5.41, 5.74) is 6.13. The monoisotopic (exact) mass is 268 g/mol. The van der Waals surface area contributed by atoms with Crippen molar-refractivity contribution < 1.29 is 19.7 Å². The molecule has 1 aromatic heterocycles. The van der Waals surface area contributed by atoms with E-state index < -0.39 is 18.6 Å². The zero-order chi connectivity index (χ0) is 14.4. The van der Waals surface area contributed by atoms with Crippen molar-refractivity contribution >= 4 is 5.69 Å². The van der Waals surface area contributed by atoms with Crippen molar-refractivity contribution in [3.8, 4) is 18.0 Å². The van der Waals surface area contributed by atoms with Gasteiger partial charge in [0.15, 0.2) is 0 Å². The van der Waals surface area contributed by atoms with Gasteiger partial charge in [0, 0.05) is 0 Å². The summed E-state index contributed by atoms with van der Waals surface area (Å²) in [4.78, 5) is 7.89. The minimum atomic E-state index is -1.03. The highest BCUT2D eigenvalue weighted by Crippen LogP contribution is 2.31. The van der Waals surface area contributed by atoms with Crippen LogP contribution in [0.1, 0.15) is 18.0 Å². The predicted molar refractivity (Wildman–Crippen MR) is 65.6 cm³/mol. The zero-order valence-corrected chi connectivity index (χ0v) is 10.7. The summed E-state index contributed by atoms with van der Waals surface area (Å²) in [6.07, 6.45) is -1.03. The molecule has 8 heteroatoms. The summed E-state index contributed by atoms with van der Waals surface area (Å²) >= 11 is 0. The molecule has 1 rings (SSSR count). The van der Waals surface area contributed by atoms with Gasteiger partial charge in [-0.05, 0) is 6.42 Å². The van der Waals surface area contributed by atoms with Gasteiger partial charge < -0.3 is 25.4 Å². The third kappa shape index (κ3) is 3.43. The van der Waals surface area contributed by atoms with Crippen molar-refractivity contribution in [2.45, 2.75) is 18.4 Å². The standard InChI is InChI=1S/C11H16N4O4/c1-18-10-8(13)9(14-11(15-10)19-2)6(4-12)3-7(17)5-16/h6-7,16-17H,3,5,13H2,1-2H3/t6-,7+/m0/s1. The van der Waals surface area contributed by atoms with Gasteiger partial charge in [-0.1, -0.05) is 0 Å². The fraction of sp³-hybridized carbons (Fsp3) is 0.545. The molecule has 0 amide bonds. The van der Waals surface area contributed by atoms with Crippen molar-refractivity contribution in [2.75, 3.05) is 26.6 Å². The van der Waals surface area contributed by atoms with Crippen molar-refractivity contribution in [1.29, 1.82) is 5.26 Å². The van der Waals surface area contributed by atoms with Crippen LogP contribution in [0.4, 0.5) is 5.69 Å². The van der Waals surface area contributed by atoms with Crippen LogP contribution in [0.2, 0.25) is 0 Å². The average molecular weight is 268 g/mol. The van der Waals surface area contributed by atoms with E-state index in [0.717, 1.165) is 0 Å². The van der Waals surface area contributed by atoms with E-state index in [1.807, 2.05) is 6.07 Å². The van der Waals surface area contributed by atoms with Crippen LogP contribution in [0.25, 0.3) is 0 Å². The maximum Gasteiger partial charge on any atom is 0.319 e. The number of hydrogen-bond donors (Lipinski definition) is 3. The van der Waals surface area contributed by atoms with Gasteiger partial charge in [-0.25, -0.2) is 0 Å². The van der Waals surface area contributed by atoms with Crippen molar-refractivity contribution in [3.05, 3.63) is 5.69 Å². The van der Waals surface area contributed by atoms with Gasteiger partial charge in [0.2, 0.25) is 5.88 Å². The molecule has 4 N–H and O–H groups in total. The molecule has 104 valence electrons. The molecule has 0 aliphatic carbocycles. The second-order valence-electron chi connectivity index (χ2n) is 3.77. The largest absolute Gasteiger partial charge is 0.479 e. The van der Waals surface area contributed by atoms with E-state index in [1.54, 1.807) is 0 Å². The van der Waals surface area contributed by atoms with Crippen LogP contribution in [-0.2, 0) is 0 Å². The summed E-state index contributed by atoms with van der Waals surface area (Å²) < 4.78 is 9.88. The topological polar surface area (TPSA) is 135 Å². The summed E-state index contributed by atoms with van der Waals surface area (Å²) in [5, 5.41) is 27.4. The number of methoxy groups -OCH3 is 2. The third-order valence-electron chi connectivity index (χ3n) is 2.50. The van der Waals surface area contributed by atoms with Crippen molar-refractivity contribution in [2.24, 2.45) is 0 Å². The fourth-order valence-electron chi connectivity index (χ4n) is 1.53. The number of ether oxygens (including phenoxy) is 2. The molecule has 0 saturated heterocycles. The first-order chi connectivity index (χ1) is 9.07. The summed E-state index contributed by atoms with van der Waals surface area (Å²) in [5.74, 6) is -0.700. The van der Waals surface area contributed by atoms with E-state index in [2.05, 4.69) is 9.97 Å². The summed E-state index contributed by atoms with van der Waals surface area (Å²) in [7, 11) is 2.75. The van der Waals surface area contributed by atoms with E-state index in [0.29, 0.717) is 0 Å². The number of rotatable bonds is 6. The number of nitrogens with two attached hydrogens (primary N) is 1. The Morgan fingerprint density at radius 1 is 1.37 bits per heavy atom. The molecule has 1 heterocycles. The van der Waals surface area contributed by atoms with Gasteiger partial charge in [0.05, 0.1) is 44.6 Å². The number of hydrogen-bond acceptors (Lipinski definition) is 8. The minimum absolute atomic E-state index is 0.000518.